The van der Waals surface area contributed by atoms with E-state index in [2.05, 4.69) is 15.0 Å². The standard InChI is InChI=1S/C23H22N6O2/c1-15-20(13-27-16(2)28-15)31-14-23(18-6-4-3-5-7-18)11-19(23)22(30)29(25)21-10-17(12-24)8-9-26-21/h3-10,13,19H,11,14,25H2,1-2H3/t19-,23+/m0/s1. The molecular weight excluding hydrogens is 392 g/mol. The van der Waals surface area contributed by atoms with Crippen molar-refractivity contribution in [2.45, 2.75) is 25.7 Å². The van der Waals surface area contributed by atoms with Crippen LogP contribution in [0.25, 0.3) is 0 Å². The molecule has 1 aliphatic carbocycles. The van der Waals surface area contributed by atoms with Crippen LogP contribution in [0.5, 0.6) is 5.75 Å². The van der Waals surface area contributed by atoms with Crippen molar-refractivity contribution in [1.29, 1.82) is 5.26 Å². The van der Waals surface area contributed by atoms with Gasteiger partial charge in [0, 0.05) is 17.7 Å². The number of aryl methyl sites for hydroxylation is 2. The Bertz CT molecular complexity index is 1160. The molecular formula is C23H22N6O2. The summed E-state index contributed by atoms with van der Waals surface area (Å²) >= 11 is 0. The molecule has 1 aromatic carbocycles. The van der Waals surface area contributed by atoms with Crippen LogP contribution in [0.1, 0.15) is 29.1 Å². The maximum Gasteiger partial charge on any atom is 0.246 e. The van der Waals surface area contributed by atoms with E-state index in [0.717, 1.165) is 16.3 Å². The number of carbonyl (C=O) groups is 1. The lowest BCUT2D eigenvalue weighted by atomic mass is 9.93. The molecule has 0 aliphatic heterocycles. The number of hydrogen-bond donors (Lipinski definition) is 1. The number of nitrogens with two attached hydrogens (primary N) is 1. The van der Waals surface area contributed by atoms with E-state index in [9.17, 15) is 4.79 Å². The summed E-state index contributed by atoms with van der Waals surface area (Å²) in [6, 6.07) is 14.9. The van der Waals surface area contributed by atoms with Crippen molar-refractivity contribution in [3.05, 3.63) is 77.5 Å². The van der Waals surface area contributed by atoms with Gasteiger partial charge in [0.05, 0.1) is 36.0 Å². The Morgan fingerprint density at radius 2 is 2.06 bits per heavy atom. The highest BCUT2D eigenvalue weighted by molar-refractivity contribution is 5.96. The molecule has 8 nitrogen and oxygen atoms in total. The average molecular weight is 414 g/mol. The minimum atomic E-state index is -0.514. The zero-order chi connectivity index (χ0) is 22.0. The van der Waals surface area contributed by atoms with Gasteiger partial charge in [0.25, 0.3) is 0 Å². The fraction of sp³-hybridized carbons (Fsp3) is 0.261. The van der Waals surface area contributed by atoms with Gasteiger partial charge in [-0.05, 0) is 31.9 Å². The first kappa shape index (κ1) is 20.4. The zero-order valence-corrected chi connectivity index (χ0v) is 17.3. The molecule has 3 aromatic rings. The topological polar surface area (TPSA) is 118 Å². The number of ether oxygens (including phenoxy) is 1. The number of nitrogens with zero attached hydrogens (tertiary/aromatic N) is 5. The largest absolute Gasteiger partial charge is 0.489 e. The Morgan fingerprint density at radius 1 is 1.29 bits per heavy atom. The number of hydrazine groups is 1. The summed E-state index contributed by atoms with van der Waals surface area (Å²) in [5.41, 5.74) is 1.63. The molecule has 0 spiro atoms. The van der Waals surface area contributed by atoms with E-state index >= 15 is 0 Å². The SMILES string of the molecule is Cc1ncc(OC[C@@]2(c3ccccc3)C[C@H]2C(=O)N(N)c2cc(C#N)ccn2)c(C)n1. The maximum atomic E-state index is 13.2. The van der Waals surface area contributed by atoms with Gasteiger partial charge in [0.2, 0.25) is 5.91 Å². The predicted molar refractivity (Wildman–Crippen MR) is 114 cm³/mol. The van der Waals surface area contributed by atoms with Gasteiger partial charge in [-0.3, -0.25) is 4.79 Å². The van der Waals surface area contributed by atoms with E-state index in [1.165, 1.54) is 12.3 Å². The molecule has 1 aliphatic rings. The predicted octanol–water partition coefficient (Wildman–Crippen LogP) is 2.60. The zero-order valence-electron chi connectivity index (χ0n) is 17.3. The normalized spacial score (nSPS) is 19.4. The van der Waals surface area contributed by atoms with E-state index in [0.29, 0.717) is 30.2 Å². The van der Waals surface area contributed by atoms with E-state index < -0.39 is 5.41 Å². The minimum absolute atomic E-state index is 0.238. The summed E-state index contributed by atoms with van der Waals surface area (Å²) in [7, 11) is 0. The molecule has 1 amide bonds. The number of anilines is 1. The van der Waals surface area contributed by atoms with Gasteiger partial charge in [-0.15, -0.1) is 0 Å². The molecule has 0 unspecified atom stereocenters. The number of nitriles is 1. The highest BCUT2D eigenvalue weighted by Gasteiger charge is 2.61. The van der Waals surface area contributed by atoms with Gasteiger partial charge >= 0.3 is 0 Å². The van der Waals surface area contributed by atoms with Crippen molar-refractivity contribution in [3.63, 3.8) is 0 Å². The van der Waals surface area contributed by atoms with E-state index in [4.69, 9.17) is 15.8 Å². The number of rotatable bonds is 6. The lowest BCUT2D eigenvalue weighted by Crippen LogP contribution is -2.41. The molecule has 2 heterocycles. The Kier molecular flexibility index (Phi) is 5.36. The molecule has 1 fully saturated rings. The van der Waals surface area contributed by atoms with E-state index in [1.54, 1.807) is 12.3 Å². The van der Waals surface area contributed by atoms with Crippen LogP contribution in [0.2, 0.25) is 0 Å². The summed E-state index contributed by atoms with van der Waals surface area (Å²) in [4.78, 5) is 25.9. The molecule has 156 valence electrons. The van der Waals surface area contributed by atoms with E-state index in [1.807, 2.05) is 50.2 Å². The Labute approximate surface area is 180 Å². The van der Waals surface area contributed by atoms with Gasteiger partial charge in [0.1, 0.15) is 5.82 Å². The maximum absolute atomic E-state index is 13.2. The van der Waals surface area contributed by atoms with Gasteiger partial charge in [-0.1, -0.05) is 30.3 Å². The van der Waals surface area contributed by atoms with Crippen molar-refractivity contribution >= 4 is 11.7 Å². The molecule has 31 heavy (non-hydrogen) atoms. The third kappa shape index (κ3) is 3.96. The van der Waals surface area contributed by atoms with Crippen LogP contribution in [-0.4, -0.2) is 27.5 Å². The van der Waals surface area contributed by atoms with Crippen LogP contribution in [0.15, 0.2) is 54.9 Å². The van der Waals surface area contributed by atoms with Gasteiger partial charge in [-0.2, -0.15) is 5.26 Å². The number of hydrogen-bond acceptors (Lipinski definition) is 7. The van der Waals surface area contributed by atoms with Crippen LogP contribution < -0.4 is 15.6 Å². The third-order valence-electron chi connectivity index (χ3n) is 5.62. The summed E-state index contributed by atoms with van der Waals surface area (Å²) in [6.07, 6.45) is 3.71. The molecule has 2 aromatic heterocycles. The number of carbonyl (C=O) groups excluding carboxylic acids is 1. The second-order valence-corrected chi connectivity index (χ2v) is 7.66. The fourth-order valence-corrected chi connectivity index (χ4v) is 3.78. The van der Waals surface area contributed by atoms with Crippen molar-refractivity contribution in [2.24, 2.45) is 11.8 Å². The second-order valence-electron chi connectivity index (χ2n) is 7.66. The van der Waals surface area contributed by atoms with Gasteiger partial charge in [0.15, 0.2) is 11.6 Å². The monoisotopic (exact) mass is 414 g/mol. The summed E-state index contributed by atoms with van der Waals surface area (Å²) in [5.74, 6) is 6.96. The van der Waals surface area contributed by atoms with Crippen molar-refractivity contribution in [3.8, 4) is 11.8 Å². The highest BCUT2D eigenvalue weighted by atomic mass is 16.5. The van der Waals surface area contributed by atoms with Crippen molar-refractivity contribution in [2.75, 3.05) is 11.6 Å². The summed E-state index contributed by atoms with van der Waals surface area (Å²) < 4.78 is 6.08. The Hall–Kier alpha value is -3.83. The second kappa shape index (κ2) is 8.13. The molecule has 0 bridgehead atoms. The minimum Gasteiger partial charge on any atom is -0.489 e. The lowest BCUT2D eigenvalue weighted by molar-refractivity contribution is -0.120. The molecule has 8 heteroatoms. The number of benzene rings is 1. The number of amides is 1. The Morgan fingerprint density at radius 3 is 2.77 bits per heavy atom. The number of pyridine rings is 1. The first-order chi connectivity index (χ1) is 14.9. The molecule has 4 rings (SSSR count). The van der Waals surface area contributed by atoms with Crippen LogP contribution in [0.4, 0.5) is 5.82 Å². The van der Waals surface area contributed by atoms with Crippen LogP contribution >= 0.6 is 0 Å². The smallest absolute Gasteiger partial charge is 0.246 e. The van der Waals surface area contributed by atoms with Gasteiger partial charge < -0.3 is 4.74 Å². The van der Waals surface area contributed by atoms with Crippen molar-refractivity contribution in [1.82, 2.24) is 15.0 Å². The van der Waals surface area contributed by atoms with Crippen LogP contribution in [0.3, 0.4) is 0 Å². The first-order valence-electron chi connectivity index (χ1n) is 9.88. The van der Waals surface area contributed by atoms with Crippen molar-refractivity contribution < 1.29 is 9.53 Å². The van der Waals surface area contributed by atoms with Gasteiger partial charge in [-0.25, -0.2) is 25.8 Å². The molecule has 1 saturated carbocycles. The quantitative estimate of drug-likeness (QED) is 0.374. The molecule has 2 atom stereocenters. The number of aromatic nitrogens is 3. The first-order valence-corrected chi connectivity index (χ1v) is 9.88. The fourth-order valence-electron chi connectivity index (χ4n) is 3.78. The van der Waals surface area contributed by atoms with E-state index in [-0.39, 0.29) is 17.6 Å². The van der Waals surface area contributed by atoms with Crippen LogP contribution in [-0.2, 0) is 10.2 Å². The van der Waals surface area contributed by atoms with Crippen LogP contribution in [0, 0.1) is 31.1 Å². The summed E-state index contributed by atoms with van der Waals surface area (Å²) in [6.45, 7) is 3.98. The molecule has 2 N–H and O–H groups in total. The molecule has 0 saturated heterocycles. The lowest BCUT2D eigenvalue weighted by Gasteiger charge is -2.22. The summed E-state index contributed by atoms with van der Waals surface area (Å²) in [5, 5.41) is 10.1. The molecule has 0 radical (unpaired) electrons. The Balaban J connectivity index is 1.58. The average Bonchev–Trinajstić information content (AvgIpc) is 3.54. The third-order valence-corrected chi connectivity index (χ3v) is 5.62. The highest BCUT2D eigenvalue weighted by Crippen LogP contribution is 2.55.